The minimum atomic E-state index is 0.692. The molecule has 0 fully saturated rings. The maximum Gasteiger partial charge on any atom is 0.160 e. The molecule has 64 heavy (non-hydrogen) atoms. The Hall–Kier alpha value is -7.90. The molecule has 0 amide bonds. The fourth-order valence-corrected chi connectivity index (χ4v) is 12.6. The zero-order valence-electron chi connectivity index (χ0n) is 34.2. The van der Waals surface area contributed by atoms with Crippen molar-refractivity contribution in [3.8, 4) is 45.3 Å². The lowest BCUT2D eigenvalue weighted by Gasteiger charge is -2.13. The summed E-state index contributed by atoms with van der Waals surface area (Å²) in [6.45, 7) is 0. The number of benzene rings is 9. The Kier molecular flexibility index (Phi) is 7.69. The van der Waals surface area contributed by atoms with E-state index in [1.807, 2.05) is 28.7 Å². The van der Waals surface area contributed by atoms with Gasteiger partial charge in [0.25, 0.3) is 0 Å². The zero-order valence-corrected chi connectivity index (χ0v) is 35.9. The Morgan fingerprint density at radius 2 is 0.750 bits per heavy atom. The normalized spacial score (nSPS) is 12.1. The largest absolute Gasteiger partial charge is 0.309 e. The first kappa shape index (κ1) is 35.7. The van der Waals surface area contributed by atoms with Crippen LogP contribution in [0.3, 0.4) is 0 Å². The number of para-hydroxylation sites is 2. The van der Waals surface area contributed by atoms with E-state index in [2.05, 4.69) is 209 Å². The van der Waals surface area contributed by atoms with Gasteiger partial charge < -0.3 is 9.13 Å². The Bertz CT molecular complexity index is 3960. The van der Waals surface area contributed by atoms with Gasteiger partial charge >= 0.3 is 0 Å². The van der Waals surface area contributed by atoms with Gasteiger partial charge in [0.1, 0.15) is 0 Å². The first-order valence-corrected chi connectivity index (χ1v) is 23.2. The van der Waals surface area contributed by atoms with Crippen molar-refractivity contribution in [2.45, 2.75) is 0 Å². The Morgan fingerprint density at radius 3 is 1.27 bits per heavy atom. The molecule has 0 aliphatic rings. The van der Waals surface area contributed by atoms with E-state index in [1.54, 1.807) is 0 Å². The number of hydrogen-bond donors (Lipinski definition) is 0. The maximum atomic E-state index is 5.29. The maximum absolute atomic E-state index is 5.29. The van der Waals surface area contributed by atoms with Crippen molar-refractivity contribution in [1.29, 1.82) is 0 Å². The molecule has 0 saturated heterocycles. The summed E-state index contributed by atoms with van der Waals surface area (Å²) in [4.78, 5) is 10.6. The summed E-state index contributed by atoms with van der Waals surface area (Å²) in [6.07, 6.45) is 0. The number of fused-ring (bicyclic) bond motifs is 14. The van der Waals surface area contributed by atoms with Crippen molar-refractivity contribution in [2.24, 2.45) is 0 Å². The van der Waals surface area contributed by atoms with E-state index in [0.717, 1.165) is 39.5 Å². The quantitative estimate of drug-likeness (QED) is 0.173. The molecule has 6 heteroatoms. The highest BCUT2D eigenvalue weighted by atomic mass is 32.1. The molecule has 0 unspecified atom stereocenters. The average molecular weight is 851 g/mol. The number of hydrogen-bond acceptors (Lipinski definition) is 4. The van der Waals surface area contributed by atoms with E-state index in [4.69, 9.17) is 9.97 Å². The summed E-state index contributed by atoms with van der Waals surface area (Å²) in [5, 5.41) is 10.3. The van der Waals surface area contributed by atoms with Crippen LogP contribution in [0.4, 0.5) is 0 Å². The SMILES string of the molecule is c1ccc(-c2nc(-c3cccc(-n4c5ccccc5c5c6sc7ccccc7c6ccc54)c3)cc(-c3cccc(-n4c5ccccc5c5c6sc7ccccc7c6ccc54)c3)n2)cc1. The van der Waals surface area contributed by atoms with Crippen LogP contribution in [0.2, 0.25) is 0 Å². The van der Waals surface area contributed by atoms with Gasteiger partial charge in [-0.1, -0.05) is 140 Å². The summed E-state index contributed by atoms with van der Waals surface area (Å²) in [7, 11) is 0. The van der Waals surface area contributed by atoms with Crippen molar-refractivity contribution in [2.75, 3.05) is 0 Å². The lowest BCUT2D eigenvalue weighted by Crippen LogP contribution is -1.99. The average Bonchev–Trinajstić information content (AvgIpc) is 4.12. The minimum absolute atomic E-state index is 0.692. The highest BCUT2D eigenvalue weighted by molar-refractivity contribution is 7.27. The van der Waals surface area contributed by atoms with E-state index < -0.39 is 0 Å². The van der Waals surface area contributed by atoms with Crippen LogP contribution in [0, 0.1) is 0 Å². The molecule has 0 N–H and O–H groups in total. The van der Waals surface area contributed by atoms with Crippen LogP contribution in [0.15, 0.2) is 206 Å². The van der Waals surface area contributed by atoms with Gasteiger partial charge in [-0.3, -0.25) is 0 Å². The standard InChI is InChI=1S/C58H34N4S2/c1-2-14-35(15-3-1)58-59-46(36-16-12-18-38(32-36)61-48-24-8-4-22-44(48)54-50(61)30-28-42-40-20-6-10-26-52(40)63-56(42)54)34-47(60-58)37-17-13-19-39(33-37)62-49-25-9-5-23-45(49)55-51(62)31-29-43-41-21-7-11-27-53(41)64-57(43)55/h1-34H. The van der Waals surface area contributed by atoms with Crippen molar-refractivity contribution in [1.82, 2.24) is 19.1 Å². The Morgan fingerprint density at radius 1 is 0.312 bits per heavy atom. The van der Waals surface area contributed by atoms with E-state index in [9.17, 15) is 0 Å². The van der Waals surface area contributed by atoms with Gasteiger partial charge in [0, 0.05) is 90.0 Å². The molecule has 4 nitrogen and oxygen atoms in total. The topological polar surface area (TPSA) is 35.6 Å². The highest BCUT2D eigenvalue weighted by Crippen LogP contribution is 2.45. The molecule has 9 aromatic carbocycles. The molecule has 0 aliphatic heterocycles. The van der Waals surface area contributed by atoms with Gasteiger partial charge in [-0.25, -0.2) is 9.97 Å². The van der Waals surface area contributed by atoms with Crippen molar-refractivity contribution < 1.29 is 0 Å². The van der Waals surface area contributed by atoms with Crippen molar-refractivity contribution >= 4 is 107 Å². The fourth-order valence-electron chi connectivity index (χ4n) is 10.1. The van der Waals surface area contributed by atoms with E-state index in [0.29, 0.717) is 5.82 Å². The number of thiophene rings is 2. The van der Waals surface area contributed by atoms with Gasteiger partial charge in [-0.2, -0.15) is 0 Å². The molecular weight excluding hydrogens is 817 g/mol. The van der Waals surface area contributed by atoms with E-state index >= 15 is 0 Å². The first-order valence-electron chi connectivity index (χ1n) is 21.6. The van der Waals surface area contributed by atoms with Crippen LogP contribution in [0.25, 0.3) is 129 Å². The van der Waals surface area contributed by atoms with E-state index in [-0.39, 0.29) is 0 Å². The number of rotatable bonds is 5. The minimum Gasteiger partial charge on any atom is -0.309 e. The lowest BCUT2D eigenvalue weighted by molar-refractivity contribution is 1.16. The molecule has 0 spiro atoms. The van der Waals surface area contributed by atoms with Crippen LogP contribution in [0.1, 0.15) is 0 Å². The molecular formula is C58H34N4S2. The predicted molar refractivity (Wildman–Crippen MR) is 273 cm³/mol. The van der Waals surface area contributed by atoms with Gasteiger partial charge in [0.05, 0.1) is 33.5 Å². The highest BCUT2D eigenvalue weighted by Gasteiger charge is 2.20. The van der Waals surface area contributed by atoms with Crippen molar-refractivity contribution in [3.05, 3.63) is 206 Å². The third-order valence-electron chi connectivity index (χ3n) is 12.9. The summed E-state index contributed by atoms with van der Waals surface area (Å²) in [6, 6.07) is 74.5. The molecule has 298 valence electrons. The van der Waals surface area contributed by atoms with Crippen LogP contribution in [-0.2, 0) is 0 Å². The predicted octanol–water partition coefficient (Wildman–Crippen LogP) is 16.4. The molecule has 0 aliphatic carbocycles. The summed E-state index contributed by atoms with van der Waals surface area (Å²) in [5.74, 6) is 0.692. The fraction of sp³-hybridized carbons (Fsp3) is 0. The number of aromatic nitrogens is 4. The van der Waals surface area contributed by atoms with E-state index in [1.165, 1.54) is 84.0 Å². The lowest BCUT2D eigenvalue weighted by atomic mass is 10.0. The van der Waals surface area contributed by atoms with Crippen LogP contribution >= 0.6 is 22.7 Å². The Labute approximate surface area is 375 Å². The van der Waals surface area contributed by atoms with Gasteiger partial charge in [-0.05, 0) is 66.7 Å². The second-order valence-electron chi connectivity index (χ2n) is 16.5. The van der Waals surface area contributed by atoms with Gasteiger partial charge in [0.15, 0.2) is 5.82 Å². The van der Waals surface area contributed by atoms with Crippen LogP contribution in [0.5, 0.6) is 0 Å². The molecule has 14 rings (SSSR count). The second-order valence-corrected chi connectivity index (χ2v) is 18.6. The zero-order chi connectivity index (χ0) is 41.9. The molecule has 0 saturated carbocycles. The smallest absolute Gasteiger partial charge is 0.160 e. The van der Waals surface area contributed by atoms with Gasteiger partial charge in [-0.15, -0.1) is 22.7 Å². The Balaban J connectivity index is 0.945. The summed E-state index contributed by atoms with van der Waals surface area (Å²) in [5.41, 5.74) is 11.7. The van der Waals surface area contributed by atoms with Crippen molar-refractivity contribution in [3.63, 3.8) is 0 Å². The monoisotopic (exact) mass is 850 g/mol. The second kappa shape index (κ2) is 13.8. The molecule has 0 atom stereocenters. The van der Waals surface area contributed by atoms with Crippen LogP contribution in [-0.4, -0.2) is 19.1 Å². The first-order chi connectivity index (χ1) is 31.7. The van der Waals surface area contributed by atoms with Crippen LogP contribution < -0.4 is 0 Å². The summed E-state index contributed by atoms with van der Waals surface area (Å²) >= 11 is 3.77. The molecule has 0 radical (unpaired) electrons. The van der Waals surface area contributed by atoms with Gasteiger partial charge in [0.2, 0.25) is 0 Å². The number of nitrogens with zero attached hydrogens (tertiary/aromatic N) is 4. The molecule has 14 aromatic rings. The summed E-state index contributed by atoms with van der Waals surface area (Å²) < 4.78 is 10.1. The third-order valence-corrected chi connectivity index (χ3v) is 15.3. The molecule has 5 heterocycles. The third kappa shape index (κ3) is 5.27. The molecule has 5 aromatic heterocycles. The molecule has 0 bridgehead atoms.